The summed E-state index contributed by atoms with van der Waals surface area (Å²) in [4.78, 5) is 16.8. The molecule has 3 rings (SSSR count). The maximum absolute atomic E-state index is 12.8. The summed E-state index contributed by atoms with van der Waals surface area (Å²) in [6, 6.07) is 16.2. The van der Waals surface area contributed by atoms with Gasteiger partial charge in [0, 0.05) is 19.6 Å². The van der Waals surface area contributed by atoms with Gasteiger partial charge < -0.3 is 9.80 Å². The van der Waals surface area contributed by atoms with E-state index in [0.717, 1.165) is 23.4 Å². The van der Waals surface area contributed by atoms with Gasteiger partial charge in [-0.2, -0.15) is 0 Å². The predicted molar refractivity (Wildman–Crippen MR) is 108 cm³/mol. The molecule has 0 fully saturated rings. The van der Waals surface area contributed by atoms with E-state index in [4.69, 9.17) is 0 Å². The molecule has 0 bridgehead atoms. The van der Waals surface area contributed by atoms with Crippen molar-refractivity contribution in [3.8, 4) is 5.69 Å². The van der Waals surface area contributed by atoms with Crippen LogP contribution in [0.25, 0.3) is 5.69 Å². The van der Waals surface area contributed by atoms with Crippen molar-refractivity contribution >= 4 is 5.91 Å². The second kappa shape index (κ2) is 9.23. The number of nitrogens with zero attached hydrogens (tertiary/aromatic N) is 6. The Hall–Kier alpha value is -3.06. The molecule has 1 amide bonds. The summed E-state index contributed by atoms with van der Waals surface area (Å²) in [6.45, 7) is 4.23. The van der Waals surface area contributed by atoms with Crippen molar-refractivity contribution in [1.82, 2.24) is 30.0 Å². The van der Waals surface area contributed by atoms with Crippen LogP contribution in [0.4, 0.5) is 0 Å². The molecule has 0 unspecified atom stereocenters. The van der Waals surface area contributed by atoms with Gasteiger partial charge in [-0.3, -0.25) is 4.79 Å². The van der Waals surface area contributed by atoms with Crippen molar-refractivity contribution in [3.05, 3.63) is 71.5 Å². The topological polar surface area (TPSA) is 67.2 Å². The fraction of sp³-hybridized carbons (Fsp3) is 0.333. The van der Waals surface area contributed by atoms with E-state index in [2.05, 4.69) is 58.8 Å². The highest BCUT2D eigenvalue weighted by Crippen LogP contribution is 2.12. The van der Waals surface area contributed by atoms with E-state index in [0.29, 0.717) is 19.5 Å². The van der Waals surface area contributed by atoms with E-state index in [-0.39, 0.29) is 5.91 Å². The van der Waals surface area contributed by atoms with Crippen LogP contribution in [-0.2, 0) is 24.3 Å². The summed E-state index contributed by atoms with van der Waals surface area (Å²) < 4.78 is 1.59. The van der Waals surface area contributed by atoms with Crippen LogP contribution in [0.1, 0.15) is 23.6 Å². The maximum Gasteiger partial charge on any atom is 0.227 e. The van der Waals surface area contributed by atoms with Crippen LogP contribution in [0.2, 0.25) is 0 Å². The van der Waals surface area contributed by atoms with Crippen LogP contribution >= 0.6 is 0 Å². The summed E-state index contributed by atoms with van der Waals surface area (Å²) in [5, 5.41) is 11.1. The summed E-state index contributed by atoms with van der Waals surface area (Å²) in [5.74, 6) is 0.120. The standard InChI is InChI=1S/C21H26N6O/c1-4-26(15-19-7-5-18(6-8-19)14-25(2)3)21(28)13-17-9-11-20(12-10-17)27-16-22-23-24-27/h5-12,16H,4,13-15H2,1-3H3. The minimum atomic E-state index is 0.120. The third-order valence-corrected chi connectivity index (χ3v) is 4.53. The van der Waals surface area contributed by atoms with Crippen LogP contribution in [0, 0.1) is 0 Å². The molecule has 0 spiro atoms. The Bertz CT molecular complexity index is 872. The van der Waals surface area contributed by atoms with Crippen molar-refractivity contribution in [2.24, 2.45) is 0 Å². The lowest BCUT2D eigenvalue weighted by molar-refractivity contribution is -0.130. The SMILES string of the molecule is CCN(Cc1ccc(CN(C)C)cc1)C(=O)Cc1ccc(-n2cnnn2)cc1. The summed E-state index contributed by atoms with van der Waals surface area (Å²) in [7, 11) is 4.11. The van der Waals surface area contributed by atoms with Crippen molar-refractivity contribution in [1.29, 1.82) is 0 Å². The first-order valence-corrected chi connectivity index (χ1v) is 9.37. The second-order valence-corrected chi connectivity index (χ2v) is 7.06. The van der Waals surface area contributed by atoms with Gasteiger partial charge in [0.05, 0.1) is 12.1 Å². The fourth-order valence-corrected chi connectivity index (χ4v) is 3.04. The minimum absolute atomic E-state index is 0.120. The number of hydrogen-bond acceptors (Lipinski definition) is 5. The van der Waals surface area contributed by atoms with E-state index < -0.39 is 0 Å². The van der Waals surface area contributed by atoms with Gasteiger partial charge in [0.15, 0.2) is 0 Å². The van der Waals surface area contributed by atoms with Gasteiger partial charge in [0.25, 0.3) is 0 Å². The molecule has 3 aromatic rings. The van der Waals surface area contributed by atoms with Crippen LogP contribution in [0.5, 0.6) is 0 Å². The number of hydrogen-bond donors (Lipinski definition) is 0. The average Bonchev–Trinajstić information content (AvgIpc) is 3.22. The highest BCUT2D eigenvalue weighted by Gasteiger charge is 2.13. The van der Waals surface area contributed by atoms with Gasteiger partial charge in [-0.25, -0.2) is 4.68 Å². The number of likely N-dealkylation sites (N-methyl/N-ethyl adjacent to an activating group) is 1. The largest absolute Gasteiger partial charge is 0.338 e. The van der Waals surface area contributed by atoms with Crippen LogP contribution in [0.15, 0.2) is 54.9 Å². The first kappa shape index (κ1) is 19.7. The van der Waals surface area contributed by atoms with E-state index >= 15 is 0 Å². The van der Waals surface area contributed by atoms with Crippen molar-refractivity contribution in [2.45, 2.75) is 26.4 Å². The van der Waals surface area contributed by atoms with Crippen molar-refractivity contribution in [2.75, 3.05) is 20.6 Å². The lowest BCUT2D eigenvalue weighted by Crippen LogP contribution is -2.31. The Morgan fingerprint density at radius 2 is 1.54 bits per heavy atom. The van der Waals surface area contributed by atoms with Gasteiger partial charge in [-0.15, -0.1) is 5.10 Å². The number of carbonyl (C=O) groups is 1. The van der Waals surface area contributed by atoms with Crippen LogP contribution in [-0.4, -0.2) is 56.6 Å². The maximum atomic E-state index is 12.8. The summed E-state index contributed by atoms with van der Waals surface area (Å²) >= 11 is 0. The molecule has 1 aromatic heterocycles. The summed E-state index contributed by atoms with van der Waals surface area (Å²) in [6.07, 6.45) is 1.92. The lowest BCUT2D eigenvalue weighted by Gasteiger charge is -2.21. The molecule has 0 atom stereocenters. The molecule has 0 saturated carbocycles. The molecule has 28 heavy (non-hydrogen) atoms. The Morgan fingerprint density at radius 1 is 0.929 bits per heavy atom. The fourth-order valence-electron chi connectivity index (χ4n) is 3.04. The molecule has 0 aliphatic heterocycles. The Morgan fingerprint density at radius 3 is 2.07 bits per heavy atom. The van der Waals surface area contributed by atoms with Gasteiger partial charge in [0.1, 0.15) is 6.33 Å². The highest BCUT2D eigenvalue weighted by molar-refractivity contribution is 5.78. The van der Waals surface area contributed by atoms with Gasteiger partial charge >= 0.3 is 0 Å². The van der Waals surface area contributed by atoms with E-state index in [1.807, 2.05) is 36.1 Å². The molecule has 7 heteroatoms. The molecular formula is C21H26N6O. The van der Waals surface area contributed by atoms with E-state index in [9.17, 15) is 4.79 Å². The summed E-state index contributed by atoms with van der Waals surface area (Å²) in [5.41, 5.74) is 4.26. The van der Waals surface area contributed by atoms with E-state index in [1.165, 1.54) is 5.56 Å². The Balaban J connectivity index is 1.60. The Kier molecular flexibility index (Phi) is 6.49. The van der Waals surface area contributed by atoms with Gasteiger partial charge in [0.2, 0.25) is 5.91 Å². The molecule has 7 nitrogen and oxygen atoms in total. The number of rotatable bonds is 8. The second-order valence-electron chi connectivity index (χ2n) is 7.06. The van der Waals surface area contributed by atoms with Gasteiger partial charge in [-0.05, 0) is 60.3 Å². The lowest BCUT2D eigenvalue weighted by atomic mass is 10.1. The van der Waals surface area contributed by atoms with Crippen molar-refractivity contribution < 1.29 is 4.79 Å². The van der Waals surface area contributed by atoms with E-state index in [1.54, 1.807) is 11.0 Å². The smallest absolute Gasteiger partial charge is 0.227 e. The number of benzene rings is 2. The molecule has 0 saturated heterocycles. The number of carbonyl (C=O) groups excluding carboxylic acids is 1. The molecule has 146 valence electrons. The monoisotopic (exact) mass is 378 g/mol. The molecule has 0 aliphatic rings. The number of amides is 1. The molecule has 0 aliphatic carbocycles. The minimum Gasteiger partial charge on any atom is -0.338 e. The zero-order valence-corrected chi connectivity index (χ0v) is 16.6. The zero-order chi connectivity index (χ0) is 19.9. The van der Waals surface area contributed by atoms with Crippen LogP contribution < -0.4 is 0 Å². The first-order chi connectivity index (χ1) is 13.5. The third kappa shape index (κ3) is 5.23. The van der Waals surface area contributed by atoms with Crippen LogP contribution in [0.3, 0.4) is 0 Å². The average molecular weight is 378 g/mol. The first-order valence-electron chi connectivity index (χ1n) is 9.37. The molecule has 2 aromatic carbocycles. The molecule has 1 heterocycles. The quantitative estimate of drug-likeness (QED) is 0.602. The third-order valence-electron chi connectivity index (χ3n) is 4.53. The van der Waals surface area contributed by atoms with Gasteiger partial charge in [-0.1, -0.05) is 36.4 Å². The number of aromatic nitrogens is 4. The predicted octanol–water partition coefficient (Wildman–Crippen LogP) is 2.32. The van der Waals surface area contributed by atoms with Crippen molar-refractivity contribution in [3.63, 3.8) is 0 Å². The normalized spacial score (nSPS) is 11.0. The Labute approximate surface area is 165 Å². The zero-order valence-electron chi connectivity index (χ0n) is 16.6. The number of tetrazole rings is 1. The molecular weight excluding hydrogens is 352 g/mol. The highest BCUT2D eigenvalue weighted by atomic mass is 16.2. The molecule has 0 N–H and O–H groups in total. The molecule has 0 radical (unpaired) electrons.